The molecule has 0 aliphatic heterocycles. The van der Waals surface area contributed by atoms with E-state index < -0.39 is 0 Å². The third-order valence-corrected chi connectivity index (χ3v) is 4.08. The lowest BCUT2D eigenvalue weighted by Crippen LogP contribution is -2.05. The van der Waals surface area contributed by atoms with Crippen LogP contribution in [0, 0.1) is 0 Å². The van der Waals surface area contributed by atoms with Crippen molar-refractivity contribution in [1.29, 1.82) is 0 Å². The molecule has 3 heteroatoms. The van der Waals surface area contributed by atoms with Gasteiger partial charge in [-0.05, 0) is 48.6 Å². The molecule has 0 amide bonds. The molecule has 0 aromatic heterocycles. The van der Waals surface area contributed by atoms with Crippen LogP contribution < -0.4 is 10.5 Å². The SMILES string of the molecule is CCC(C)c1ccccc1Oc1ccc(C(C)N)c(Cl)c1. The molecule has 2 nitrogen and oxygen atoms in total. The smallest absolute Gasteiger partial charge is 0.130 e. The predicted molar refractivity (Wildman–Crippen MR) is 89.3 cm³/mol. The molecule has 0 fully saturated rings. The quantitative estimate of drug-likeness (QED) is 0.773. The maximum absolute atomic E-state index is 6.26. The number of rotatable bonds is 5. The van der Waals surface area contributed by atoms with Crippen molar-refractivity contribution in [2.24, 2.45) is 5.73 Å². The van der Waals surface area contributed by atoms with Crippen LogP contribution in [0.25, 0.3) is 0 Å². The predicted octanol–water partition coefficient (Wildman–Crippen LogP) is 5.67. The highest BCUT2D eigenvalue weighted by atomic mass is 35.5. The molecule has 0 radical (unpaired) electrons. The largest absolute Gasteiger partial charge is 0.457 e. The summed E-state index contributed by atoms with van der Waals surface area (Å²) in [5.74, 6) is 2.08. The first-order valence-electron chi connectivity index (χ1n) is 7.34. The summed E-state index contributed by atoms with van der Waals surface area (Å²) in [6.07, 6.45) is 1.07. The summed E-state index contributed by atoms with van der Waals surface area (Å²) < 4.78 is 6.02. The van der Waals surface area contributed by atoms with Gasteiger partial charge in [-0.3, -0.25) is 0 Å². The second-order valence-electron chi connectivity index (χ2n) is 5.42. The topological polar surface area (TPSA) is 35.2 Å². The Kier molecular flexibility index (Phi) is 5.27. The Labute approximate surface area is 131 Å². The van der Waals surface area contributed by atoms with Gasteiger partial charge in [0.25, 0.3) is 0 Å². The second-order valence-corrected chi connectivity index (χ2v) is 5.83. The van der Waals surface area contributed by atoms with Gasteiger partial charge in [0.05, 0.1) is 0 Å². The van der Waals surface area contributed by atoms with Gasteiger partial charge < -0.3 is 10.5 Å². The summed E-state index contributed by atoms with van der Waals surface area (Å²) in [7, 11) is 0. The average molecular weight is 304 g/mol. The molecule has 0 heterocycles. The molecule has 0 saturated carbocycles. The van der Waals surface area contributed by atoms with Gasteiger partial charge in [0.1, 0.15) is 11.5 Å². The lowest BCUT2D eigenvalue weighted by Gasteiger charge is -2.16. The Morgan fingerprint density at radius 2 is 1.81 bits per heavy atom. The van der Waals surface area contributed by atoms with E-state index in [-0.39, 0.29) is 6.04 Å². The van der Waals surface area contributed by atoms with E-state index in [1.165, 1.54) is 5.56 Å². The first-order valence-corrected chi connectivity index (χ1v) is 7.72. The fourth-order valence-electron chi connectivity index (χ4n) is 2.27. The van der Waals surface area contributed by atoms with Crippen LogP contribution in [0.4, 0.5) is 0 Å². The number of hydrogen-bond acceptors (Lipinski definition) is 2. The van der Waals surface area contributed by atoms with Crippen molar-refractivity contribution in [3.05, 3.63) is 58.6 Å². The molecule has 112 valence electrons. The van der Waals surface area contributed by atoms with Gasteiger partial charge in [0, 0.05) is 11.1 Å². The fraction of sp³-hybridized carbons (Fsp3) is 0.333. The van der Waals surface area contributed by atoms with Crippen molar-refractivity contribution < 1.29 is 4.74 Å². The number of para-hydroxylation sites is 1. The van der Waals surface area contributed by atoms with Crippen molar-refractivity contribution in [3.63, 3.8) is 0 Å². The van der Waals surface area contributed by atoms with Crippen molar-refractivity contribution in [2.75, 3.05) is 0 Å². The van der Waals surface area contributed by atoms with E-state index >= 15 is 0 Å². The van der Waals surface area contributed by atoms with Crippen LogP contribution >= 0.6 is 11.6 Å². The maximum atomic E-state index is 6.26. The standard InChI is InChI=1S/C18H22ClNO/c1-4-12(2)15-7-5-6-8-18(15)21-14-9-10-16(13(3)20)17(19)11-14/h5-13H,4,20H2,1-3H3. The van der Waals surface area contributed by atoms with Gasteiger partial charge in [-0.15, -0.1) is 0 Å². The zero-order valence-electron chi connectivity index (χ0n) is 12.8. The maximum Gasteiger partial charge on any atom is 0.130 e. The fourth-order valence-corrected chi connectivity index (χ4v) is 2.61. The van der Waals surface area contributed by atoms with Crippen LogP contribution in [0.1, 0.15) is 50.3 Å². The Balaban J connectivity index is 2.29. The lowest BCUT2D eigenvalue weighted by molar-refractivity contribution is 0.470. The van der Waals surface area contributed by atoms with Crippen molar-refractivity contribution in [3.8, 4) is 11.5 Å². The Morgan fingerprint density at radius 1 is 1.10 bits per heavy atom. The molecule has 0 aliphatic rings. The monoisotopic (exact) mass is 303 g/mol. The molecular formula is C18H22ClNO. The van der Waals surface area contributed by atoms with Crippen molar-refractivity contribution in [2.45, 2.75) is 39.2 Å². The van der Waals surface area contributed by atoms with Gasteiger partial charge in [0.2, 0.25) is 0 Å². The van der Waals surface area contributed by atoms with E-state index in [0.717, 1.165) is 23.5 Å². The first-order chi connectivity index (χ1) is 10.0. The van der Waals surface area contributed by atoms with E-state index in [1.54, 1.807) is 0 Å². The van der Waals surface area contributed by atoms with Crippen LogP contribution in [0.5, 0.6) is 11.5 Å². The van der Waals surface area contributed by atoms with Gasteiger partial charge in [-0.1, -0.05) is 49.7 Å². The molecule has 2 aromatic rings. The third-order valence-electron chi connectivity index (χ3n) is 3.75. The summed E-state index contributed by atoms with van der Waals surface area (Å²) >= 11 is 6.26. The zero-order chi connectivity index (χ0) is 15.4. The van der Waals surface area contributed by atoms with Crippen LogP contribution in [-0.2, 0) is 0 Å². The second kappa shape index (κ2) is 6.97. The van der Waals surface area contributed by atoms with Crippen molar-refractivity contribution in [1.82, 2.24) is 0 Å². The number of halogens is 1. The third kappa shape index (κ3) is 3.78. The summed E-state index contributed by atoms with van der Waals surface area (Å²) in [5, 5.41) is 0.642. The highest BCUT2D eigenvalue weighted by Crippen LogP contribution is 2.34. The summed E-state index contributed by atoms with van der Waals surface area (Å²) in [5.41, 5.74) is 8.02. The highest BCUT2D eigenvalue weighted by molar-refractivity contribution is 6.31. The van der Waals surface area contributed by atoms with Gasteiger partial charge in [0.15, 0.2) is 0 Å². The Hall–Kier alpha value is -1.51. The molecule has 2 rings (SSSR count). The molecule has 0 aliphatic carbocycles. The molecule has 0 spiro atoms. The molecule has 21 heavy (non-hydrogen) atoms. The van der Waals surface area contributed by atoms with E-state index in [2.05, 4.69) is 19.9 Å². The van der Waals surface area contributed by atoms with E-state index in [9.17, 15) is 0 Å². The number of nitrogens with two attached hydrogens (primary N) is 1. The van der Waals surface area contributed by atoms with E-state index in [0.29, 0.717) is 10.9 Å². The summed E-state index contributed by atoms with van der Waals surface area (Å²) in [6.45, 7) is 6.30. The van der Waals surface area contributed by atoms with Gasteiger partial charge in [-0.2, -0.15) is 0 Å². The minimum atomic E-state index is -0.0843. The summed E-state index contributed by atoms with van der Waals surface area (Å²) in [4.78, 5) is 0. The van der Waals surface area contributed by atoms with Crippen LogP contribution in [-0.4, -0.2) is 0 Å². The van der Waals surface area contributed by atoms with Crippen molar-refractivity contribution >= 4 is 11.6 Å². The highest BCUT2D eigenvalue weighted by Gasteiger charge is 2.12. The number of hydrogen-bond donors (Lipinski definition) is 1. The molecule has 0 saturated heterocycles. The lowest BCUT2D eigenvalue weighted by atomic mass is 9.98. The first kappa shape index (κ1) is 15.9. The molecule has 2 unspecified atom stereocenters. The summed E-state index contributed by atoms with van der Waals surface area (Å²) in [6, 6.07) is 13.7. The van der Waals surface area contributed by atoms with E-state index in [1.807, 2.05) is 43.3 Å². The zero-order valence-corrected chi connectivity index (χ0v) is 13.5. The van der Waals surface area contributed by atoms with Crippen LogP contribution in [0.15, 0.2) is 42.5 Å². The van der Waals surface area contributed by atoms with Crippen LogP contribution in [0.3, 0.4) is 0 Å². The minimum absolute atomic E-state index is 0.0843. The van der Waals surface area contributed by atoms with Gasteiger partial charge in [-0.25, -0.2) is 0 Å². The minimum Gasteiger partial charge on any atom is -0.457 e. The number of benzene rings is 2. The number of ether oxygens (including phenoxy) is 1. The van der Waals surface area contributed by atoms with E-state index in [4.69, 9.17) is 22.1 Å². The van der Waals surface area contributed by atoms with Crippen LogP contribution in [0.2, 0.25) is 5.02 Å². The molecule has 2 aromatic carbocycles. The molecule has 2 atom stereocenters. The molecular weight excluding hydrogens is 282 g/mol. The molecule has 2 N–H and O–H groups in total. The normalized spacial score (nSPS) is 13.8. The average Bonchev–Trinajstić information content (AvgIpc) is 2.46. The molecule has 0 bridgehead atoms. The Morgan fingerprint density at radius 3 is 2.43 bits per heavy atom. The Bertz CT molecular complexity index is 610. The van der Waals surface area contributed by atoms with Gasteiger partial charge >= 0.3 is 0 Å².